The summed E-state index contributed by atoms with van der Waals surface area (Å²) in [5, 5.41) is 24.7. The van der Waals surface area contributed by atoms with Crippen molar-refractivity contribution in [2.75, 3.05) is 18.1 Å². The van der Waals surface area contributed by atoms with Crippen LogP contribution in [-0.2, 0) is 24.0 Å². The van der Waals surface area contributed by atoms with Crippen molar-refractivity contribution in [1.29, 1.82) is 0 Å². The molecule has 14 nitrogen and oxygen atoms in total. The van der Waals surface area contributed by atoms with Gasteiger partial charge in [0.1, 0.15) is 18.1 Å². The summed E-state index contributed by atoms with van der Waals surface area (Å²) in [6, 6.07) is -5.12. The monoisotopic (exact) mass is 495 g/mol. The molecule has 0 aliphatic carbocycles. The number of aliphatic imine (C=N–C) groups is 1. The molecule has 182 valence electrons. The first-order valence-electron chi connectivity index (χ1n) is 9.31. The van der Waals surface area contributed by atoms with Crippen LogP contribution in [0.4, 0.5) is 0 Å². The molecule has 0 fully saturated rings. The second-order valence-corrected chi connectivity index (χ2v) is 7.27. The number of carbonyl (C=O) groups excluding carboxylic acids is 3. The van der Waals surface area contributed by atoms with E-state index in [0.29, 0.717) is 0 Å². The van der Waals surface area contributed by atoms with E-state index in [-0.39, 0.29) is 36.9 Å². The van der Waals surface area contributed by atoms with Crippen molar-refractivity contribution in [3.05, 3.63) is 0 Å². The predicted octanol–water partition coefficient (Wildman–Crippen LogP) is -3.76. The van der Waals surface area contributed by atoms with Gasteiger partial charge in [0.05, 0.1) is 12.5 Å². The number of carboxylic acids is 2. The van der Waals surface area contributed by atoms with Crippen molar-refractivity contribution in [1.82, 2.24) is 16.0 Å². The Morgan fingerprint density at radius 1 is 0.844 bits per heavy atom. The third kappa shape index (κ3) is 11.6. The minimum absolute atomic E-state index is 0.0407. The van der Waals surface area contributed by atoms with Crippen molar-refractivity contribution in [2.45, 2.75) is 43.4 Å². The van der Waals surface area contributed by atoms with E-state index in [1.54, 1.807) is 0 Å². The first-order valence-corrected chi connectivity index (χ1v) is 10.6. The number of aliphatic carboxylic acids is 2. The number of thiol groups is 2. The average molecular weight is 496 g/mol. The molecule has 0 aromatic heterocycles. The van der Waals surface area contributed by atoms with Gasteiger partial charge in [0.15, 0.2) is 5.96 Å². The summed E-state index contributed by atoms with van der Waals surface area (Å²) in [5.41, 5.74) is 15.9. The topological polar surface area (TPSA) is 252 Å². The zero-order valence-corrected chi connectivity index (χ0v) is 18.9. The summed E-state index contributed by atoms with van der Waals surface area (Å²) in [5.74, 6) is -5.64. The van der Waals surface area contributed by atoms with Gasteiger partial charge < -0.3 is 43.4 Å². The number of amides is 3. The summed E-state index contributed by atoms with van der Waals surface area (Å²) >= 11 is 7.85. The van der Waals surface area contributed by atoms with E-state index in [0.717, 1.165) is 0 Å². The van der Waals surface area contributed by atoms with E-state index >= 15 is 0 Å². The van der Waals surface area contributed by atoms with Gasteiger partial charge in [0.25, 0.3) is 0 Å². The molecule has 0 aromatic carbocycles. The van der Waals surface area contributed by atoms with E-state index < -0.39 is 60.2 Å². The summed E-state index contributed by atoms with van der Waals surface area (Å²) in [6.07, 6.45) is -0.349. The molecule has 0 aliphatic heterocycles. The molecule has 0 heterocycles. The van der Waals surface area contributed by atoms with Crippen molar-refractivity contribution in [3.8, 4) is 0 Å². The van der Waals surface area contributed by atoms with Crippen LogP contribution in [0.2, 0.25) is 0 Å². The predicted molar refractivity (Wildman–Crippen MR) is 121 cm³/mol. The smallest absolute Gasteiger partial charge is 0.327 e. The van der Waals surface area contributed by atoms with Crippen LogP contribution >= 0.6 is 25.3 Å². The van der Waals surface area contributed by atoms with Crippen LogP contribution in [0.1, 0.15) is 19.3 Å². The van der Waals surface area contributed by atoms with Crippen LogP contribution in [0.15, 0.2) is 4.99 Å². The Morgan fingerprint density at radius 3 is 1.81 bits per heavy atom. The molecule has 32 heavy (non-hydrogen) atoms. The van der Waals surface area contributed by atoms with Crippen LogP contribution in [-0.4, -0.2) is 88.1 Å². The van der Waals surface area contributed by atoms with Gasteiger partial charge in [-0.1, -0.05) is 0 Å². The quantitative estimate of drug-likeness (QED) is 0.0459. The van der Waals surface area contributed by atoms with Crippen LogP contribution in [0.5, 0.6) is 0 Å². The second-order valence-electron chi connectivity index (χ2n) is 6.54. The standard InChI is InChI=1S/C16H29N7O7S2/c17-7(4-11(24)25)12(26)22-9(5-31)14(28)21-8(2-1-3-20-16(18)19)13(27)23-10(6-32)15(29)30/h7-10,31-32H,1-6,17H2,(H,21,28)(H,22,26)(H,23,27)(H,24,25)(H,29,30)(H4,18,19,20). The molecular formula is C16H29N7O7S2. The van der Waals surface area contributed by atoms with E-state index in [9.17, 15) is 24.0 Å². The highest BCUT2D eigenvalue weighted by Crippen LogP contribution is 2.03. The van der Waals surface area contributed by atoms with Gasteiger partial charge in [-0.15, -0.1) is 0 Å². The number of nitrogens with two attached hydrogens (primary N) is 3. The number of rotatable bonds is 15. The molecule has 16 heteroatoms. The van der Waals surface area contributed by atoms with Gasteiger partial charge in [0, 0.05) is 18.1 Å². The molecular weight excluding hydrogens is 466 g/mol. The molecule has 0 aliphatic rings. The highest BCUT2D eigenvalue weighted by Gasteiger charge is 2.29. The molecule has 0 bridgehead atoms. The first kappa shape index (κ1) is 29.3. The summed E-state index contributed by atoms with van der Waals surface area (Å²) in [7, 11) is 0. The maximum Gasteiger partial charge on any atom is 0.327 e. The van der Waals surface area contributed by atoms with E-state index in [1.807, 2.05) is 0 Å². The molecule has 0 spiro atoms. The molecule has 0 saturated carbocycles. The second kappa shape index (κ2) is 15.1. The third-order valence-electron chi connectivity index (χ3n) is 3.92. The summed E-state index contributed by atoms with van der Waals surface area (Å²) in [6.45, 7) is 0.147. The van der Waals surface area contributed by atoms with Crippen LogP contribution < -0.4 is 33.2 Å². The maximum atomic E-state index is 12.6. The molecule has 0 radical (unpaired) electrons. The minimum Gasteiger partial charge on any atom is -0.481 e. The Bertz CT molecular complexity index is 719. The lowest BCUT2D eigenvalue weighted by atomic mass is 10.1. The highest BCUT2D eigenvalue weighted by atomic mass is 32.1. The number of guanidine groups is 1. The largest absolute Gasteiger partial charge is 0.481 e. The fourth-order valence-electron chi connectivity index (χ4n) is 2.26. The highest BCUT2D eigenvalue weighted by molar-refractivity contribution is 7.80. The Balaban J connectivity index is 5.28. The van der Waals surface area contributed by atoms with Crippen LogP contribution in [0.3, 0.4) is 0 Å². The van der Waals surface area contributed by atoms with Gasteiger partial charge in [0.2, 0.25) is 17.7 Å². The molecule has 4 atom stereocenters. The number of nitrogens with zero attached hydrogens (tertiary/aromatic N) is 1. The number of hydrogen-bond donors (Lipinski definition) is 10. The molecule has 3 amide bonds. The van der Waals surface area contributed by atoms with Crippen LogP contribution in [0.25, 0.3) is 0 Å². The Labute approximate surface area is 194 Å². The number of hydrogen-bond acceptors (Lipinski definition) is 9. The number of nitrogens with one attached hydrogen (secondary N) is 3. The van der Waals surface area contributed by atoms with Gasteiger partial charge >= 0.3 is 11.9 Å². The molecule has 0 aromatic rings. The van der Waals surface area contributed by atoms with Crippen molar-refractivity contribution < 1.29 is 34.2 Å². The van der Waals surface area contributed by atoms with Gasteiger partial charge in [-0.25, -0.2) is 4.79 Å². The van der Waals surface area contributed by atoms with Gasteiger partial charge in [-0.2, -0.15) is 25.3 Å². The lowest BCUT2D eigenvalue weighted by Crippen LogP contribution is -2.58. The average Bonchev–Trinajstić information content (AvgIpc) is 2.70. The molecule has 0 saturated heterocycles. The Hall–Kier alpha value is -2.72. The first-order chi connectivity index (χ1) is 14.9. The third-order valence-corrected chi connectivity index (χ3v) is 4.65. The lowest BCUT2D eigenvalue weighted by Gasteiger charge is -2.24. The Kier molecular flexibility index (Phi) is 13.9. The normalized spacial score (nSPS) is 14.2. The maximum absolute atomic E-state index is 12.6. The Morgan fingerprint density at radius 2 is 1.34 bits per heavy atom. The van der Waals surface area contributed by atoms with Gasteiger partial charge in [-0.3, -0.25) is 24.2 Å². The van der Waals surface area contributed by atoms with Gasteiger partial charge in [-0.05, 0) is 12.8 Å². The van der Waals surface area contributed by atoms with E-state index in [1.165, 1.54) is 0 Å². The van der Waals surface area contributed by atoms with E-state index in [2.05, 4.69) is 46.2 Å². The summed E-state index contributed by atoms with van der Waals surface area (Å²) in [4.78, 5) is 62.7. The lowest BCUT2D eigenvalue weighted by molar-refractivity contribution is -0.141. The molecule has 0 rings (SSSR count). The van der Waals surface area contributed by atoms with E-state index in [4.69, 9.17) is 27.4 Å². The SMILES string of the molecule is NC(N)=NCCCC(NC(=O)C(CS)NC(=O)C(N)CC(=O)O)C(=O)NC(CS)C(=O)O. The minimum atomic E-state index is -1.40. The van der Waals surface area contributed by atoms with Crippen LogP contribution in [0, 0.1) is 0 Å². The zero-order valence-electron chi connectivity index (χ0n) is 17.1. The van der Waals surface area contributed by atoms with Crippen molar-refractivity contribution >= 4 is 60.9 Å². The summed E-state index contributed by atoms with van der Waals surface area (Å²) < 4.78 is 0. The van der Waals surface area contributed by atoms with Crippen molar-refractivity contribution in [2.24, 2.45) is 22.2 Å². The number of carbonyl (C=O) groups is 5. The van der Waals surface area contributed by atoms with Crippen molar-refractivity contribution in [3.63, 3.8) is 0 Å². The number of carboxylic acid groups (broad SMARTS) is 2. The molecule has 4 unspecified atom stereocenters. The zero-order chi connectivity index (χ0) is 24.8. The fourth-order valence-corrected chi connectivity index (χ4v) is 2.76. The molecule has 11 N–H and O–H groups in total. The fraction of sp³-hybridized carbons (Fsp3) is 0.625.